The molecule has 2 N–H and O–H groups in total. The van der Waals surface area contributed by atoms with Gasteiger partial charge in [-0.25, -0.2) is 9.59 Å². The van der Waals surface area contributed by atoms with Crippen LogP contribution in [-0.2, 0) is 19.1 Å². The zero-order chi connectivity index (χ0) is 21.6. The van der Waals surface area contributed by atoms with Gasteiger partial charge in [0.1, 0.15) is 13.2 Å². The zero-order valence-electron chi connectivity index (χ0n) is 17.1. The van der Waals surface area contributed by atoms with Crippen LogP contribution < -0.4 is 10.6 Å². The van der Waals surface area contributed by atoms with E-state index < -0.39 is 11.9 Å². The van der Waals surface area contributed by atoms with E-state index in [-0.39, 0.29) is 41.7 Å². The van der Waals surface area contributed by atoms with Crippen LogP contribution in [0, 0.1) is 20.8 Å². The molecule has 1 aromatic carbocycles. The quantitative estimate of drug-likeness (QED) is 0.419. The maximum absolute atomic E-state index is 12.7. The molecule has 0 aliphatic carbocycles. The molecule has 0 aliphatic rings. The molecular weight excluding hydrogens is 364 g/mol. The normalized spacial score (nSPS) is 10.1. The number of carbonyl (C=O) groups is 4. The summed E-state index contributed by atoms with van der Waals surface area (Å²) in [5.41, 5.74) is 2.58. The summed E-state index contributed by atoms with van der Waals surface area (Å²) in [4.78, 5) is 47.9. The van der Waals surface area contributed by atoms with Gasteiger partial charge >= 0.3 is 11.9 Å². The van der Waals surface area contributed by atoms with Crippen LogP contribution in [0.1, 0.15) is 51.3 Å². The maximum atomic E-state index is 12.7. The second-order valence-electron chi connectivity index (χ2n) is 6.31. The van der Waals surface area contributed by atoms with Crippen molar-refractivity contribution >= 4 is 29.4 Å². The molecule has 0 heterocycles. The Morgan fingerprint density at radius 1 is 0.893 bits per heavy atom. The van der Waals surface area contributed by atoms with Gasteiger partial charge in [0.25, 0.3) is 5.91 Å². The molecule has 28 heavy (non-hydrogen) atoms. The number of nitrogens with one attached hydrogen (secondary N) is 2. The van der Waals surface area contributed by atoms with E-state index in [2.05, 4.69) is 17.2 Å². The van der Waals surface area contributed by atoms with Crippen LogP contribution >= 0.6 is 0 Å². The largest absolute Gasteiger partial charge is 0.459 e. The summed E-state index contributed by atoms with van der Waals surface area (Å²) < 4.78 is 10.1. The van der Waals surface area contributed by atoms with Crippen molar-refractivity contribution in [1.82, 2.24) is 5.32 Å². The van der Waals surface area contributed by atoms with E-state index in [1.807, 2.05) is 0 Å². The van der Waals surface area contributed by atoms with Gasteiger partial charge in [0.2, 0.25) is 5.91 Å². The molecular formula is C20H26N2O6. The minimum absolute atomic E-state index is 0.123. The number of rotatable bonds is 7. The van der Waals surface area contributed by atoms with Gasteiger partial charge in [-0.05, 0) is 44.4 Å². The highest BCUT2D eigenvalue weighted by Crippen LogP contribution is 2.32. The van der Waals surface area contributed by atoms with E-state index >= 15 is 0 Å². The van der Waals surface area contributed by atoms with E-state index in [9.17, 15) is 19.2 Å². The molecule has 0 saturated carbocycles. The van der Waals surface area contributed by atoms with Gasteiger partial charge in [-0.15, -0.1) is 0 Å². The molecule has 8 heteroatoms. The third kappa shape index (κ3) is 5.18. The van der Waals surface area contributed by atoms with Crippen LogP contribution in [0.25, 0.3) is 0 Å². The number of hydrogen-bond donors (Lipinski definition) is 2. The third-order valence-corrected chi connectivity index (χ3v) is 4.11. The Balaban J connectivity index is 3.23. The zero-order valence-corrected chi connectivity index (χ0v) is 17.1. The summed E-state index contributed by atoms with van der Waals surface area (Å²) in [6.07, 6.45) is 0. The third-order valence-electron chi connectivity index (χ3n) is 4.11. The lowest BCUT2D eigenvalue weighted by molar-refractivity contribution is -0.140. The molecule has 8 nitrogen and oxygen atoms in total. The van der Waals surface area contributed by atoms with E-state index in [0.29, 0.717) is 22.4 Å². The van der Waals surface area contributed by atoms with Gasteiger partial charge in [0, 0.05) is 30.8 Å². The lowest BCUT2D eigenvalue weighted by Crippen LogP contribution is -2.25. The fraction of sp³-hybridized carbons (Fsp3) is 0.400. The first-order chi connectivity index (χ1) is 13.0. The minimum atomic E-state index is -0.682. The maximum Gasteiger partial charge on any atom is 0.338 e. The first-order valence-electron chi connectivity index (χ1n) is 8.66. The summed E-state index contributed by atoms with van der Waals surface area (Å²) in [6, 6.07) is 0. The number of esters is 2. The minimum Gasteiger partial charge on any atom is -0.459 e. The van der Waals surface area contributed by atoms with E-state index in [0.717, 1.165) is 0 Å². The van der Waals surface area contributed by atoms with Gasteiger partial charge in [-0.2, -0.15) is 0 Å². The van der Waals surface area contributed by atoms with Crippen LogP contribution in [0.2, 0.25) is 0 Å². The second-order valence-corrected chi connectivity index (χ2v) is 6.31. The van der Waals surface area contributed by atoms with E-state index in [1.165, 1.54) is 20.9 Å². The van der Waals surface area contributed by atoms with Crippen LogP contribution in [0.5, 0.6) is 0 Å². The Labute approximate surface area is 164 Å². The predicted molar refractivity (Wildman–Crippen MR) is 104 cm³/mol. The van der Waals surface area contributed by atoms with Crippen LogP contribution in [0.4, 0.5) is 5.69 Å². The van der Waals surface area contributed by atoms with Crippen molar-refractivity contribution in [3.05, 3.63) is 40.0 Å². The monoisotopic (exact) mass is 390 g/mol. The number of hydrogen-bond acceptors (Lipinski definition) is 6. The van der Waals surface area contributed by atoms with Gasteiger partial charge in [0.15, 0.2) is 0 Å². The van der Waals surface area contributed by atoms with Crippen LogP contribution in [-0.4, -0.2) is 44.0 Å². The SMILES string of the molecule is C=C(C)C(=O)OCCOC(=O)c1c(C)c(NC(C)=O)c(C)c(C(=O)NC)c1C. The molecule has 0 aromatic heterocycles. The highest BCUT2D eigenvalue weighted by atomic mass is 16.6. The van der Waals surface area contributed by atoms with Crippen molar-refractivity contribution in [2.24, 2.45) is 0 Å². The molecule has 0 unspecified atom stereocenters. The average molecular weight is 390 g/mol. The van der Waals surface area contributed by atoms with Crippen LogP contribution in [0.3, 0.4) is 0 Å². The Hall–Kier alpha value is -3.16. The van der Waals surface area contributed by atoms with Crippen molar-refractivity contribution < 1.29 is 28.7 Å². The summed E-state index contributed by atoms with van der Waals surface area (Å²) >= 11 is 0. The summed E-state index contributed by atoms with van der Waals surface area (Å²) in [7, 11) is 1.48. The van der Waals surface area contributed by atoms with Crippen molar-refractivity contribution in [2.75, 3.05) is 25.6 Å². The summed E-state index contributed by atoms with van der Waals surface area (Å²) in [5, 5.41) is 5.21. The molecule has 0 atom stereocenters. The molecule has 0 fully saturated rings. The fourth-order valence-corrected chi connectivity index (χ4v) is 2.82. The van der Waals surface area contributed by atoms with Crippen molar-refractivity contribution in [3.63, 3.8) is 0 Å². The number of ether oxygens (including phenoxy) is 2. The highest BCUT2D eigenvalue weighted by Gasteiger charge is 2.26. The van der Waals surface area contributed by atoms with E-state index in [1.54, 1.807) is 20.8 Å². The number of benzene rings is 1. The van der Waals surface area contributed by atoms with Gasteiger partial charge < -0.3 is 20.1 Å². The van der Waals surface area contributed by atoms with E-state index in [4.69, 9.17) is 9.47 Å². The number of amides is 2. The molecule has 0 radical (unpaired) electrons. The molecule has 1 aromatic rings. The van der Waals surface area contributed by atoms with Gasteiger partial charge in [-0.1, -0.05) is 6.58 Å². The lowest BCUT2D eigenvalue weighted by atomic mass is 9.90. The Morgan fingerprint density at radius 3 is 1.93 bits per heavy atom. The number of anilines is 1. The standard InChI is InChI=1S/C20H26N2O6/c1-10(2)19(25)27-8-9-28-20(26)16-11(3)15(18(24)21-7)12(4)17(13(16)5)22-14(6)23/h1,8-9H2,2-7H3,(H,21,24)(H,22,23). The molecule has 1 rings (SSSR count). The van der Waals surface area contributed by atoms with Gasteiger partial charge in [-0.3, -0.25) is 9.59 Å². The predicted octanol–water partition coefficient (Wildman–Crippen LogP) is 2.21. The fourth-order valence-electron chi connectivity index (χ4n) is 2.82. The number of carbonyl (C=O) groups excluding carboxylic acids is 4. The van der Waals surface area contributed by atoms with Crippen molar-refractivity contribution in [2.45, 2.75) is 34.6 Å². The Bertz CT molecular complexity index is 842. The molecule has 0 aliphatic heterocycles. The first-order valence-corrected chi connectivity index (χ1v) is 8.66. The molecule has 2 amide bonds. The summed E-state index contributed by atoms with van der Waals surface area (Å²) in [6.45, 7) is 11.0. The Kier molecular flexibility index (Phi) is 7.91. The van der Waals surface area contributed by atoms with Gasteiger partial charge in [0.05, 0.1) is 5.56 Å². The first kappa shape index (κ1) is 22.9. The van der Waals surface area contributed by atoms with Crippen molar-refractivity contribution in [1.29, 1.82) is 0 Å². The molecule has 0 saturated heterocycles. The smallest absolute Gasteiger partial charge is 0.338 e. The Morgan fingerprint density at radius 2 is 1.43 bits per heavy atom. The summed E-state index contributed by atoms with van der Waals surface area (Å²) in [5.74, 6) is -1.97. The van der Waals surface area contributed by atoms with Crippen molar-refractivity contribution in [3.8, 4) is 0 Å². The van der Waals surface area contributed by atoms with Crippen LogP contribution in [0.15, 0.2) is 12.2 Å². The average Bonchev–Trinajstić information content (AvgIpc) is 2.61. The molecule has 0 spiro atoms. The lowest BCUT2D eigenvalue weighted by Gasteiger charge is -2.20. The highest BCUT2D eigenvalue weighted by molar-refractivity contribution is 6.06. The topological polar surface area (TPSA) is 111 Å². The molecule has 0 bridgehead atoms. The second kappa shape index (κ2) is 9.68. The molecule has 152 valence electrons.